The van der Waals surface area contributed by atoms with Crippen molar-refractivity contribution < 1.29 is 23.4 Å². The highest BCUT2D eigenvalue weighted by molar-refractivity contribution is 5.72. The van der Waals surface area contributed by atoms with Gasteiger partial charge in [-0.25, -0.2) is 4.79 Å². The third kappa shape index (κ3) is 3.34. The highest BCUT2D eigenvalue weighted by Gasteiger charge is 2.19. The minimum atomic E-state index is -3.01. The van der Waals surface area contributed by atoms with E-state index in [-0.39, 0.29) is 6.42 Å². The Kier molecular flexibility index (Phi) is 3.87. The van der Waals surface area contributed by atoms with Crippen LogP contribution in [0.15, 0.2) is 0 Å². The summed E-state index contributed by atoms with van der Waals surface area (Å²) in [5.74, 6) is -1.36. The number of alkyl halides is 2. The summed E-state index contributed by atoms with van der Waals surface area (Å²) in [4.78, 5) is 10.0. The maximum Gasteiger partial charge on any atom is 0.346 e. The molecule has 0 heterocycles. The lowest BCUT2D eigenvalue weighted by molar-refractivity contribution is -0.187. The fourth-order valence-electron chi connectivity index (χ4n) is 0.453. The quantitative estimate of drug-likeness (QED) is 0.659. The number of carboxylic acids is 1. The molecule has 0 aromatic rings. The van der Waals surface area contributed by atoms with Crippen LogP contribution in [0.5, 0.6) is 0 Å². The average molecular weight is 154 g/mol. The summed E-state index contributed by atoms with van der Waals surface area (Å²) in [6.45, 7) is -1.55. The zero-order chi connectivity index (χ0) is 8.15. The van der Waals surface area contributed by atoms with E-state index in [9.17, 15) is 13.6 Å². The van der Waals surface area contributed by atoms with E-state index in [1.165, 1.54) is 6.92 Å². The van der Waals surface area contributed by atoms with Crippen LogP contribution in [0.4, 0.5) is 8.78 Å². The summed E-state index contributed by atoms with van der Waals surface area (Å²) >= 11 is 0. The Morgan fingerprint density at radius 3 is 2.30 bits per heavy atom. The molecule has 0 amide bonds. The van der Waals surface area contributed by atoms with Crippen molar-refractivity contribution in [2.75, 3.05) is 0 Å². The monoisotopic (exact) mass is 154 g/mol. The van der Waals surface area contributed by atoms with Gasteiger partial charge < -0.3 is 9.84 Å². The Bertz CT molecular complexity index is 115. The second kappa shape index (κ2) is 4.16. The van der Waals surface area contributed by atoms with E-state index in [1.807, 2.05) is 0 Å². The minimum absolute atomic E-state index is 0.0413. The van der Waals surface area contributed by atoms with Crippen LogP contribution >= 0.6 is 0 Å². The zero-order valence-corrected chi connectivity index (χ0v) is 5.38. The third-order valence-electron chi connectivity index (χ3n) is 0.913. The molecule has 60 valence electrons. The van der Waals surface area contributed by atoms with Gasteiger partial charge in [0.1, 0.15) is 0 Å². The molecule has 0 rings (SSSR count). The van der Waals surface area contributed by atoms with Crippen molar-refractivity contribution in [2.24, 2.45) is 0 Å². The van der Waals surface area contributed by atoms with Gasteiger partial charge in [-0.05, 0) is 6.42 Å². The summed E-state index contributed by atoms with van der Waals surface area (Å²) in [6, 6.07) is 0. The number of aliphatic carboxylic acids is 1. The average Bonchev–Trinajstić information content (AvgIpc) is 1.81. The molecule has 10 heavy (non-hydrogen) atoms. The van der Waals surface area contributed by atoms with Crippen molar-refractivity contribution in [3.63, 3.8) is 0 Å². The molecule has 0 saturated carbocycles. The van der Waals surface area contributed by atoms with E-state index in [0.717, 1.165) is 0 Å². The van der Waals surface area contributed by atoms with Crippen LogP contribution < -0.4 is 0 Å². The van der Waals surface area contributed by atoms with Gasteiger partial charge in [0.2, 0.25) is 0 Å². The Morgan fingerprint density at radius 2 is 2.20 bits per heavy atom. The Balaban J connectivity index is 3.72. The van der Waals surface area contributed by atoms with Gasteiger partial charge in [0.05, 0.1) is 0 Å². The topological polar surface area (TPSA) is 46.5 Å². The lowest BCUT2D eigenvalue weighted by atomic mass is 10.3. The molecular weight excluding hydrogens is 146 g/mol. The van der Waals surface area contributed by atoms with Crippen LogP contribution in [0.1, 0.15) is 13.3 Å². The lowest BCUT2D eigenvalue weighted by Crippen LogP contribution is -2.24. The van der Waals surface area contributed by atoms with Crippen LogP contribution in [0.3, 0.4) is 0 Å². The van der Waals surface area contributed by atoms with Gasteiger partial charge in [0.25, 0.3) is 0 Å². The molecule has 5 heteroatoms. The number of hydrogen-bond donors (Lipinski definition) is 1. The van der Waals surface area contributed by atoms with E-state index >= 15 is 0 Å². The highest BCUT2D eigenvalue weighted by Crippen LogP contribution is 2.04. The fraction of sp³-hybridized carbons (Fsp3) is 0.800. The SMILES string of the molecule is CCC(OC(F)F)C(=O)O. The first kappa shape index (κ1) is 9.29. The van der Waals surface area contributed by atoms with E-state index in [2.05, 4.69) is 4.74 Å². The van der Waals surface area contributed by atoms with Crippen molar-refractivity contribution in [3.8, 4) is 0 Å². The summed E-state index contributed by atoms with van der Waals surface area (Å²) in [5.41, 5.74) is 0. The number of halogens is 2. The van der Waals surface area contributed by atoms with Crippen molar-refractivity contribution in [3.05, 3.63) is 0 Å². The van der Waals surface area contributed by atoms with Gasteiger partial charge in [0, 0.05) is 0 Å². The molecule has 0 spiro atoms. The summed E-state index contributed by atoms with van der Waals surface area (Å²) < 4.78 is 26.4. The number of hydrogen-bond acceptors (Lipinski definition) is 2. The fourth-order valence-corrected chi connectivity index (χ4v) is 0.453. The molecule has 0 bridgehead atoms. The van der Waals surface area contributed by atoms with Gasteiger partial charge in [-0.3, -0.25) is 0 Å². The molecule has 3 nitrogen and oxygen atoms in total. The largest absolute Gasteiger partial charge is 0.479 e. The summed E-state index contributed by atoms with van der Waals surface area (Å²) in [7, 11) is 0. The molecule has 1 atom stereocenters. The van der Waals surface area contributed by atoms with E-state index in [1.54, 1.807) is 0 Å². The Labute approximate surface area is 56.6 Å². The molecule has 0 aromatic carbocycles. The third-order valence-corrected chi connectivity index (χ3v) is 0.913. The van der Waals surface area contributed by atoms with Crippen molar-refractivity contribution in [1.82, 2.24) is 0 Å². The number of carboxylic acid groups (broad SMARTS) is 1. The van der Waals surface area contributed by atoms with Crippen LogP contribution in [-0.4, -0.2) is 23.8 Å². The second-order valence-electron chi connectivity index (χ2n) is 1.63. The number of carbonyl (C=O) groups is 1. The first-order valence-corrected chi connectivity index (χ1v) is 2.74. The lowest BCUT2D eigenvalue weighted by Gasteiger charge is -2.08. The number of ether oxygens (including phenoxy) is 1. The van der Waals surface area contributed by atoms with Gasteiger partial charge in [0.15, 0.2) is 6.10 Å². The normalized spacial score (nSPS) is 13.6. The second-order valence-corrected chi connectivity index (χ2v) is 1.63. The molecule has 0 radical (unpaired) electrons. The molecule has 0 aromatic heterocycles. The summed E-state index contributed by atoms with van der Waals surface area (Å²) in [6.07, 6.45) is -1.35. The molecule has 1 unspecified atom stereocenters. The zero-order valence-electron chi connectivity index (χ0n) is 5.38. The molecule has 0 fully saturated rings. The maximum absolute atomic E-state index is 11.3. The molecular formula is C5H8F2O3. The van der Waals surface area contributed by atoms with Crippen molar-refractivity contribution in [2.45, 2.75) is 26.1 Å². The molecule has 0 aliphatic heterocycles. The molecule has 0 aliphatic carbocycles. The van der Waals surface area contributed by atoms with E-state index < -0.39 is 18.7 Å². The highest BCUT2D eigenvalue weighted by atomic mass is 19.3. The van der Waals surface area contributed by atoms with Crippen LogP contribution in [0.25, 0.3) is 0 Å². The first-order valence-electron chi connectivity index (χ1n) is 2.74. The maximum atomic E-state index is 11.3. The van der Waals surface area contributed by atoms with Crippen LogP contribution in [0, 0.1) is 0 Å². The predicted octanol–water partition coefficient (Wildman–Crippen LogP) is 1.09. The standard InChI is InChI=1S/C5H8F2O3/c1-2-3(4(8)9)10-5(6)7/h3,5H,2H2,1H3,(H,8,9). The van der Waals surface area contributed by atoms with Gasteiger partial charge in [-0.1, -0.05) is 6.92 Å². The van der Waals surface area contributed by atoms with Crippen molar-refractivity contribution in [1.29, 1.82) is 0 Å². The van der Waals surface area contributed by atoms with Gasteiger partial charge in [-0.2, -0.15) is 8.78 Å². The first-order chi connectivity index (χ1) is 4.57. The van der Waals surface area contributed by atoms with Crippen molar-refractivity contribution >= 4 is 5.97 Å². The summed E-state index contributed by atoms with van der Waals surface area (Å²) in [5, 5.41) is 8.16. The molecule has 0 aliphatic rings. The van der Waals surface area contributed by atoms with E-state index in [4.69, 9.17) is 5.11 Å². The molecule has 1 N–H and O–H groups in total. The smallest absolute Gasteiger partial charge is 0.346 e. The Morgan fingerprint density at radius 1 is 1.70 bits per heavy atom. The number of rotatable bonds is 4. The Hall–Kier alpha value is -0.710. The van der Waals surface area contributed by atoms with Crippen LogP contribution in [0.2, 0.25) is 0 Å². The van der Waals surface area contributed by atoms with Gasteiger partial charge >= 0.3 is 12.6 Å². The van der Waals surface area contributed by atoms with Crippen LogP contribution in [-0.2, 0) is 9.53 Å². The molecule has 0 saturated heterocycles. The minimum Gasteiger partial charge on any atom is -0.479 e. The predicted molar refractivity (Wildman–Crippen MR) is 28.8 cm³/mol. The van der Waals surface area contributed by atoms with E-state index in [0.29, 0.717) is 0 Å². The van der Waals surface area contributed by atoms with Gasteiger partial charge in [-0.15, -0.1) is 0 Å².